The van der Waals surface area contributed by atoms with Gasteiger partial charge in [-0.25, -0.2) is 0 Å². The fourth-order valence-electron chi connectivity index (χ4n) is 12.0. The predicted molar refractivity (Wildman–Crippen MR) is 294 cm³/mol. The Morgan fingerprint density at radius 3 is 1.22 bits per heavy atom. The van der Waals surface area contributed by atoms with Gasteiger partial charge in [-0.1, -0.05) is 212 Å². The summed E-state index contributed by atoms with van der Waals surface area (Å²) in [5.41, 5.74) is 16.8. The average Bonchev–Trinajstić information content (AvgIpc) is 3.65. The zero-order valence-corrected chi connectivity index (χ0v) is 42.0. The minimum absolute atomic E-state index is 0.153. The summed E-state index contributed by atoms with van der Waals surface area (Å²) in [6, 6.07) is 53.5. The summed E-state index contributed by atoms with van der Waals surface area (Å²) < 4.78 is 0. The minimum Gasteiger partial charge on any atom is -0.347 e. The molecule has 2 unspecified atom stereocenters. The number of hydrogen-bond acceptors (Lipinski definition) is 2. The molecule has 2 heteroatoms. The maximum absolute atomic E-state index is 4.80. The molecule has 0 N–H and O–H groups in total. The van der Waals surface area contributed by atoms with Crippen LogP contribution in [-0.2, 0) is 34.5 Å². The summed E-state index contributed by atoms with van der Waals surface area (Å²) in [6.07, 6.45) is 15.2. The highest BCUT2D eigenvalue weighted by atomic mass is 15.2. The van der Waals surface area contributed by atoms with Crippen molar-refractivity contribution >= 4 is 32.9 Å². The van der Waals surface area contributed by atoms with Crippen LogP contribution in [0.4, 0.5) is 11.4 Å². The van der Waals surface area contributed by atoms with E-state index in [2.05, 4.69) is 261 Å². The number of rotatable bonds is 12. The molecule has 2 aliphatic rings. The van der Waals surface area contributed by atoms with Gasteiger partial charge in [-0.3, -0.25) is 0 Å². The van der Waals surface area contributed by atoms with Crippen LogP contribution >= 0.6 is 0 Å². The lowest BCUT2D eigenvalue weighted by Gasteiger charge is -2.34. The van der Waals surface area contributed by atoms with Crippen molar-refractivity contribution in [1.82, 2.24) is 0 Å². The normalized spacial score (nSPS) is 18.1. The molecule has 0 saturated heterocycles. The Morgan fingerprint density at radius 2 is 0.838 bits per heavy atom. The summed E-state index contributed by atoms with van der Waals surface area (Å²) in [7, 11) is 4.40. The maximum Gasteiger partial charge on any atom is 0.0454 e. The van der Waals surface area contributed by atoms with Crippen molar-refractivity contribution in [2.24, 2.45) is 0 Å². The van der Waals surface area contributed by atoms with Crippen LogP contribution in [-0.4, -0.2) is 14.1 Å². The molecule has 0 spiro atoms. The van der Waals surface area contributed by atoms with Crippen LogP contribution in [0.5, 0.6) is 0 Å². The van der Waals surface area contributed by atoms with Crippen LogP contribution in [0.1, 0.15) is 86.1 Å². The van der Waals surface area contributed by atoms with E-state index < -0.39 is 0 Å². The first-order valence-electron chi connectivity index (χ1n) is 24.4. The van der Waals surface area contributed by atoms with Crippen LogP contribution in [0, 0.1) is 13.8 Å². The second-order valence-corrected chi connectivity index (χ2v) is 21.1. The van der Waals surface area contributed by atoms with E-state index in [1.165, 1.54) is 88.8 Å². The van der Waals surface area contributed by atoms with Gasteiger partial charge in [-0.15, -0.1) is 0 Å². The number of fused-ring (bicyclic) bond motifs is 6. The lowest BCUT2D eigenvalue weighted by Crippen LogP contribution is -2.28. The van der Waals surface area contributed by atoms with Gasteiger partial charge in [0.25, 0.3) is 0 Å². The molecule has 0 fully saturated rings. The molecule has 0 bridgehead atoms. The lowest BCUT2D eigenvalue weighted by molar-refractivity contribution is 0.559. The Kier molecular flexibility index (Phi) is 12.0. The van der Waals surface area contributed by atoms with E-state index >= 15 is 0 Å². The number of benzene rings is 7. The van der Waals surface area contributed by atoms with Crippen molar-refractivity contribution in [3.05, 3.63) is 262 Å². The minimum atomic E-state index is -0.336. The van der Waals surface area contributed by atoms with E-state index in [9.17, 15) is 0 Å². The van der Waals surface area contributed by atoms with Crippen molar-refractivity contribution in [3.8, 4) is 0 Å². The first-order chi connectivity index (χ1) is 32.5. The highest BCUT2D eigenvalue weighted by molar-refractivity contribution is 5.96. The third kappa shape index (κ3) is 7.88. The largest absolute Gasteiger partial charge is 0.347 e. The van der Waals surface area contributed by atoms with Crippen molar-refractivity contribution in [2.75, 3.05) is 23.9 Å². The van der Waals surface area contributed by atoms with Crippen molar-refractivity contribution in [1.29, 1.82) is 0 Å². The SMILES string of the molecule is C=C(/C=C/C=C1/N(C)c2ccc3ccccc3c2C1(C)C)C(C)(Cc1ccc(CC(C)(C(=C)/C=C/C=C2/N(C)c3ccc4ccccc4c3C2(C)C)c2ccccc2C)cc1)c1ccccc1C. The number of likely N-dealkylation sites (N-methyl/N-ethyl adjacent to an activating group) is 2. The van der Waals surface area contributed by atoms with Gasteiger partial charge in [0.1, 0.15) is 0 Å². The van der Waals surface area contributed by atoms with Gasteiger partial charge in [-0.2, -0.15) is 0 Å². The van der Waals surface area contributed by atoms with Crippen LogP contribution in [0.15, 0.2) is 218 Å². The van der Waals surface area contributed by atoms with Gasteiger partial charge in [-0.05, 0) is 128 Å². The molecule has 7 aromatic rings. The summed E-state index contributed by atoms with van der Waals surface area (Å²) in [5, 5.41) is 5.21. The number of hydrogen-bond donors (Lipinski definition) is 0. The van der Waals surface area contributed by atoms with Crippen LogP contribution < -0.4 is 9.80 Å². The topological polar surface area (TPSA) is 6.48 Å². The predicted octanol–water partition coefficient (Wildman–Crippen LogP) is 16.5. The van der Waals surface area contributed by atoms with Gasteiger partial charge in [0.2, 0.25) is 0 Å². The molecule has 7 aromatic carbocycles. The lowest BCUT2D eigenvalue weighted by atomic mass is 9.69. The maximum atomic E-state index is 4.80. The molecular weight excluding hydrogens is 821 g/mol. The zero-order chi connectivity index (χ0) is 48.2. The molecule has 2 nitrogen and oxygen atoms in total. The molecule has 2 atom stereocenters. The summed E-state index contributed by atoms with van der Waals surface area (Å²) in [5.74, 6) is 0. The molecule has 9 rings (SSSR count). The van der Waals surface area contributed by atoms with Gasteiger partial charge >= 0.3 is 0 Å². The Balaban J connectivity index is 0.977. The fourth-order valence-corrected chi connectivity index (χ4v) is 12.0. The second-order valence-electron chi connectivity index (χ2n) is 21.1. The summed E-state index contributed by atoms with van der Waals surface area (Å²) >= 11 is 0. The highest BCUT2D eigenvalue weighted by Gasteiger charge is 2.41. The monoisotopic (exact) mass is 889 g/mol. The Labute approximate surface area is 407 Å². The van der Waals surface area contributed by atoms with E-state index in [-0.39, 0.29) is 21.7 Å². The van der Waals surface area contributed by atoms with E-state index in [1.54, 1.807) is 0 Å². The van der Waals surface area contributed by atoms with Gasteiger partial charge < -0.3 is 9.80 Å². The quantitative estimate of drug-likeness (QED) is 0.113. The Hall–Kier alpha value is -6.90. The molecule has 2 heterocycles. The number of aryl methyl sites for hydroxylation is 2. The molecule has 0 aromatic heterocycles. The summed E-state index contributed by atoms with van der Waals surface area (Å²) in [4.78, 5) is 4.72. The molecule has 2 aliphatic heterocycles. The number of allylic oxidation sites excluding steroid dienone is 10. The number of anilines is 2. The standard InChI is InChI=1S/C66H68N2/c1-45-23-13-19-31-55(45)65(9,47(3)25-21-33-59-63(5,6)61-53-29-17-15-27-51(53)39-41-57(61)67(59)11)43-49-35-37-50(38-36-49)44-66(10,56-32-20-14-24-46(56)2)48(4)26-22-34-60-64(7,8)62-54-30-18-16-28-52(54)40-42-58(62)68(60)12/h13-42H,3-4,43-44H2,1-2,5-12H3/b25-21+,26-22+,59-33+,60-34+. The molecule has 342 valence electrons. The van der Waals surface area contributed by atoms with E-state index in [1.807, 2.05) is 0 Å². The smallest absolute Gasteiger partial charge is 0.0454 e. The first kappa shape index (κ1) is 46.2. The van der Waals surface area contributed by atoms with E-state index in [0.29, 0.717) is 0 Å². The molecule has 0 saturated carbocycles. The van der Waals surface area contributed by atoms with Crippen molar-refractivity contribution < 1.29 is 0 Å². The van der Waals surface area contributed by atoms with Crippen LogP contribution in [0.25, 0.3) is 21.5 Å². The molecular formula is C66H68N2. The third-order valence-electron chi connectivity index (χ3n) is 15.9. The van der Waals surface area contributed by atoms with Gasteiger partial charge in [0, 0.05) is 58.5 Å². The first-order valence-corrected chi connectivity index (χ1v) is 24.4. The molecule has 68 heavy (non-hydrogen) atoms. The van der Waals surface area contributed by atoms with Gasteiger partial charge in [0.15, 0.2) is 0 Å². The molecule has 0 radical (unpaired) electrons. The highest BCUT2D eigenvalue weighted by Crippen LogP contribution is 2.51. The van der Waals surface area contributed by atoms with E-state index in [0.717, 1.165) is 24.0 Å². The number of nitrogens with zero attached hydrogens (tertiary/aromatic N) is 2. The average molecular weight is 889 g/mol. The Bertz CT molecular complexity index is 3020. The summed E-state index contributed by atoms with van der Waals surface area (Å²) in [6.45, 7) is 28.2. The fraction of sp³-hybridized carbons (Fsp3) is 0.242. The molecule has 0 amide bonds. The second kappa shape index (κ2) is 17.6. The van der Waals surface area contributed by atoms with Gasteiger partial charge in [0.05, 0.1) is 0 Å². The third-order valence-corrected chi connectivity index (χ3v) is 15.9. The molecule has 0 aliphatic carbocycles. The van der Waals surface area contributed by atoms with Crippen LogP contribution in [0.3, 0.4) is 0 Å². The van der Waals surface area contributed by atoms with E-state index in [4.69, 9.17) is 13.2 Å². The van der Waals surface area contributed by atoms with Crippen molar-refractivity contribution in [2.45, 2.75) is 89.9 Å². The Morgan fingerprint density at radius 1 is 0.485 bits per heavy atom. The van der Waals surface area contributed by atoms with Crippen molar-refractivity contribution in [3.63, 3.8) is 0 Å². The van der Waals surface area contributed by atoms with Crippen LogP contribution in [0.2, 0.25) is 0 Å². The zero-order valence-electron chi connectivity index (χ0n) is 42.0.